The van der Waals surface area contributed by atoms with Gasteiger partial charge in [0.1, 0.15) is 5.52 Å². The lowest BCUT2D eigenvalue weighted by atomic mass is 10.2. The molecule has 0 unspecified atom stereocenters. The van der Waals surface area contributed by atoms with E-state index in [2.05, 4.69) is 15.3 Å². The number of benzene rings is 1. The van der Waals surface area contributed by atoms with Crippen LogP contribution >= 0.6 is 11.3 Å². The van der Waals surface area contributed by atoms with Crippen molar-refractivity contribution in [1.82, 2.24) is 9.97 Å². The Morgan fingerprint density at radius 2 is 2.11 bits per heavy atom. The van der Waals surface area contributed by atoms with Crippen molar-refractivity contribution in [2.75, 3.05) is 11.1 Å². The van der Waals surface area contributed by atoms with E-state index in [1.807, 2.05) is 35.8 Å². The monoisotopic (exact) mass is 256 g/mol. The van der Waals surface area contributed by atoms with Crippen molar-refractivity contribution in [3.63, 3.8) is 0 Å². The smallest absolute Gasteiger partial charge is 0.106 e. The van der Waals surface area contributed by atoms with E-state index in [1.54, 1.807) is 17.5 Å². The highest BCUT2D eigenvalue weighted by Crippen LogP contribution is 2.30. The summed E-state index contributed by atoms with van der Waals surface area (Å²) >= 11 is 1.59. The van der Waals surface area contributed by atoms with Crippen LogP contribution in [-0.2, 0) is 6.54 Å². The minimum Gasteiger partial charge on any atom is -0.395 e. The summed E-state index contributed by atoms with van der Waals surface area (Å²) in [6.07, 6.45) is 1.78. The molecule has 0 radical (unpaired) electrons. The van der Waals surface area contributed by atoms with Gasteiger partial charge in [0.2, 0.25) is 0 Å². The molecule has 0 saturated carbocycles. The molecule has 2 aromatic heterocycles. The average molecular weight is 256 g/mol. The molecule has 0 aliphatic heterocycles. The summed E-state index contributed by atoms with van der Waals surface area (Å²) < 4.78 is 1.11. The van der Waals surface area contributed by atoms with Crippen LogP contribution in [-0.4, -0.2) is 9.97 Å². The molecule has 0 spiro atoms. The van der Waals surface area contributed by atoms with Crippen molar-refractivity contribution in [2.45, 2.75) is 6.54 Å². The number of nitrogen functional groups attached to an aromatic ring is 1. The van der Waals surface area contributed by atoms with E-state index < -0.39 is 0 Å². The first-order chi connectivity index (χ1) is 8.84. The van der Waals surface area contributed by atoms with Gasteiger partial charge in [0, 0.05) is 6.20 Å². The Labute approximate surface area is 109 Å². The normalized spacial score (nSPS) is 10.7. The first-order valence-electron chi connectivity index (χ1n) is 5.60. The number of aromatic nitrogens is 2. The highest BCUT2D eigenvalue weighted by atomic mass is 32.1. The quantitative estimate of drug-likeness (QED) is 0.707. The molecular formula is C13H12N4S. The third-order valence-electron chi connectivity index (χ3n) is 2.73. The zero-order valence-corrected chi connectivity index (χ0v) is 10.4. The molecule has 18 heavy (non-hydrogen) atoms. The molecule has 4 nitrogen and oxygen atoms in total. The minimum atomic E-state index is 0.653. The van der Waals surface area contributed by atoms with E-state index in [4.69, 9.17) is 5.73 Å². The number of nitrogens with two attached hydrogens (primary N) is 1. The van der Waals surface area contributed by atoms with Gasteiger partial charge in [-0.05, 0) is 24.3 Å². The second kappa shape index (κ2) is 4.62. The number of hydrogen-bond donors (Lipinski definition) is 2. The third-order valence-corrected chi connectivity index (χ3v) is 3.52. The molecule has 0 atom stereocenters. The standard InChI is InChI=1S/C13H12N4S/c14-12-10(4-5-11-13(12)17-8-18-11)16-7-9-3-1-2-6-15-9/h1-6,8,16H,7,14H2. The SMILES string of the molecule is Nc1c(NCc2ccccn2)ccc2scnc12. The topological polar surface area (TPSA) is 63.8 Å². The molecule has 90 valence electrons. The second-order valence-electron chi connectivity index (χ2n) is 3.90. The van der Waals surface area contributed by atoms with Crippen LogP contribution in [0.2, 0.25) is 0 Å². The zero-order chi connectivity index (χ0) is 12.4. The number of nitrogens with zero attached hydrogens (tertiary/aromatic N) is 2. The molecule has 0 bridgehead atoms. The Morgan fingerprint density at radius 3 is 2.94 bits per heavy atom. The number of pyridine rings is 1. The van der Waals surface area contributed by atoms with Gasteiger partial charge in [-0.15, -0.1) is 11.3 Å². The summed E-state index contributed by atoms with van der Waals surface area (Å²) in [7, 11) is 0. The summed E-state index contributed by atoms with van der Waals surface area (Å²) in [5, 5.41) is 3.29. The molecule has 0 saturated heterocycles. The van der Waals surface area contributed by atoms with Crippen LogP contribution in [0.3, 0.4) is 0 Å². The molecule has 3 rings (SSSR count). The van der Waals surface area contributed by atoms with Gasteiger partial charge in [0.05, 0.1) is 33.8 Å². The maximum atomic E-state index is 6.09. The van der Waals surface area contributed by atoms with Crippen LogP contribution in [0.15, 0.2) is 42.0 Å². The van der Waals surface area contributed by atoms with Gasteiger partial charge in [-0.3, -0.25) is 4.98 Å². The lowest BCUT2D eigenvalue weighted by Gasteiger charge is -2.09. The van der Waals surface area contributed by atoms with Gasteiger partial charge in [-0.25, -0.2) is 4.98 Å². The summed E-state index contributed by atoms with van der Waals surface area (Å²) in [6.45, 7) is 0.653. The first kappa shape index (κ1) is 11.0. The number of thiazole rings is 1. The zero-order valence-electron chi connectivity index (χ0n) is 9.63. The minimum absolute atomic E-state index is 0.653. The summed E-state index contributed by atoms with van der Waals surface area (Å²) in [4.78, 5) is 8.53. The first-order valence-corrected chi connectivity index (χ1v) is 6.48. The Hall–Kier alpha value is -2.14. The van der Waals surface area contributed by atoms with E-state index in [1.165, 1.54) is 0 Å². The highest BCUT2D eigenvalue weighted by Gasteiger charge is 2.06. The number of nitrogens with one attached hydrogen (secondary N) is 1. The van der Waals surface area contributed by atoms with Crippen molar-refractivity contribution >= 4 is 32.9 Å². The Balaban J connectivity index is 1.84. The summed E-state index contributed by atoms with van der Waals surface area (Å²) in [5.41, 5.74) is 11.3. The van der Waals surface area contributed by atoms with Gasteiger partial charge in [-0.1, -0.05) is 6.07 Å². The maximum Gasteiger partial charge on any atom is 0.106 e. The third kappa shape index (κ3) is 2.00. The van der Waals surface area contributed by atoms with Crippen molar-refractivity contribution < 1.29 is 0 Å². The van der Waals surface area contributed by atoms with Gasteiger partial charge in [0.25, 0.3) is 0 Å². The number of rotatable bonds is 3. The second-order valence-corrected chi connectivity index (χ2v) is 4.79. The van der Waals surface area contributed by atoms with E-state index in [0.717, 1.165) is 21.6 Å². The molecule has 0 fully saturated rings. The van der Waals surface area contributed by atoms with Crippen LogP contribution in [0.4, 0.5) is 11.4 Å². The largest absolute Gasteiger partial charge is 0.395 e. The van der Waals surface area contributed by atoms with Gasteiger partial charge >= 0.3 is 0 Å². The molecule has 5 heteroatoms. The molecule has 0 aliphatic rings. The molecule has 3 aromatic rings. The van der Waals surface area contributed by atoms with Crippen LogP contribution < -0.4 is 11.1 Å². The summed E-state index contributed by atoms with van der Waals surface area (Å²) in [5.74, 6) is 0. The van der Waals surface area contributed by atoms with E-state index >= 15 is 0 Å². The lowest BCUT2D eigenvalue weighted by molar-refractivity contribution is 1.05. The molecule has 1 aromatic carbocycles. The van der Waals surface area contributed by atoms with Crippen LogP contribution in [0.1, 0.15) is 5.69 Å². The van der Waals surface area contributed by atoms with Crippen molar-refractivity contribution in [1.29, 1.82) is 0 Å². The van der Waals surface area contributed by atoms with Gasteiger partial charge < -0.3 is 11.1 Å². The molecule has 0 amide bonds. The van der Waals surface area contributed by atoms with Crippen molar-refractivity contribution in [2.24, 2.45) is 0 Å². The molecule has 0 aliphatic carbocycles. The Bertz CT molecular complexity index is 663. The maximum absolute atomic E-state index is 6.09. The Morgan fingerprint density at radius 1 is 1.17 bits per heavy atom. The predicted molar refractivity (Wildman–Crippen MR) is 75.6 cm³/mol. The fourth-order valence-electron chi connectivity index (χ4n) is 1.79. The van der Waals surface area contributed by atoms with Gasteiger partial charge in [0.15, 0.2) is 0 Å². The van der Waals surface area contributed by atoms with E-state index in [9.17, 15) is 0 Å². The highest BCUT2D eigenvalue weighted by molar-refractivity contribution is 7.16. The van der Waals surface area contributed by atoms with Crippen molar-refractivity contribution in [3.05, 3.63) is 47.7 Å². The Kier molecular flexibility index (Phi) is 2.82. The summed E-state index contributed by atoms with van der Waals surface area (Å²) in [6, 6.07) is 9.86. The predicted octanol–water partition coefficient (Wildman–Crippen LogP) is 2.89. The molecular weight excluding hydrogens is 244 g/mol. The number of hydrogen-bond acceptors (Lipinski definition) is 5. The van der Waals surface area contributed by atoms with Crippen LogP contribution in [0.25, 0.3) is 10.2 Å². The fraction of sp³-hybridized carbons (Fsp3) is 0.0769. The van der Waals surface area contributed by atoms with Crippen molar-refractivity contribution in [3.8, 4) is 0 Å². The average Bonchev–Trinajstić information content (AvgIpc) is 2.88. The molecule has 2 heterocycles. The van der Waals surface area contributed by atoms with Crippen LogP contribution in [0, 0.1) is 0 Å². The lowest BCUT2D eigenvalue weighted by Crippen LogP contribution is -2.03. The van der Waals surface area contributed by atoms with E-state index in [0.29, 0.717) is 12.2 Å². The van der Waals surface area contributed by atoms with Crippen LogP contribution in [0.5, 0.6) is 0 Å². The van der Waals surface area contributed by atoms with Gasteiger partial charge in [-0.2, -0.15) is 0 Å². The molecule has 3 N–H and O–H groups in total. The fourth-order valence-corrected chi connectivity index (χ4v) is 2.49. The number of fused-ring (bicyclic) bond motifs is 1. The van der Waals surface area contributed by atoms with E-state index in [-0.39, 0.29) is 0 Å². The number of anilines is 2.